The molecule has 0 saturated carbocycles. The Labute approximate surface area is 128 Å². The minimum Gasteiger partial charge on any atom is -0.341 e. The first-order chi connectivity index (χ1) is 10.5. The first-order valence-corrected chi connectivity index (χ1v) is 7.40. The highest BCUT2D eigenvalue weighted by atomic mass is 19.1. The first kappa shape index (κ1) is 16.1. The molecule has 0 spiro atoms. The molecule has 2 rings (SSSR count). The molecule has 0 aliphatic carbocycles. The maximum atomic E-state index is 13.0. The van der Waals surface area contributed by atoms with Gasteiger partial charge < -0.3 is 4.90 Å². The predicted octanol–water partition coefficient (Wildman–Crippen LogP) is 1.83. The average Bonchev–Trinajstić information content (AvgIpc) is 2.90. The van der Waals surface area contributed by atoms with Gasteiger partial charge in [-0.15, -0.1) is 0 Å². The molecular formula is C16H19FN2O3. The number of hydrogen-bond donors (Lipinski definition) is 0. The van der Waals surface area contributed by atoms with Crippen molar-refractivity contribution in [1.29, 1.82) is 0 Å². The summed E-state index contributed by atoms with van der Waals surface area (Å²) in [6.45, 7) is 4.76. The van der Waals surface area contributed by atoms with Crippen molar-refractivity contribution in [1.82, 2.24) is 9.80 Å². The van der Waals surface area contributed by atoms with Gasteiger partial charge in [0.15, 0.2) is 0 Å². The minimum atomic E-state index is -0.759. The number of likely N-dealkylation sites (tertiary alicyclic amines) is 1. The van der Waals surface area contributed by atoms with Gasteiger partial charge in [0.25, 0.3) is 5.91 Å². The second kappa shape index (κ2) is 6.68. The van der Waals surface area contributed by atoms with E-state index in [9.17, 15) is 18.8 Å². The molecular weight excluding hydrogens is 287 g/mol. The molecule has 3 amide bonds. The molecule has 1 aromatic carbocycles. The van der Waals surface area contributed by atoms with Crippen LogP contribution in [-0.4, -0.2) is 46.7 Å². The molecule has 1 fully saturated rings. The molecule has 6 heteroatoms. The van der Waals surface area contributed by atoms with Crippen LogP contribution in [0.15, 0.2) is 24.3 Å². The topological polar surface area (TPSA) is 57.7 Å². The number of carbonyl (C=O) groups excluding carboxylic acids is 3. The Hall–Kier alpha value is -2.24. The first-order valence-electron chi connectivity index (χ1n) is 7.40. The second-order valence-corrected chi connectivity index (χ2v) is 5.14. The summed E-state index contributed by atoms with van der Waals surface area (Å²) in [5.74, 6) is -1.58. The Balaban J connectivity index is 2.26. The van der Waals surface area contributed by atoms with Crippen LogP contribution in [-0.2, 0) is 9.59 Å². The Morgan fingerprint density at radius 2 is 1.82 bits per heavy atom. The summed E-state index contributed by atoms with van der Waals surface area (Å²) in [6.07, 6.45) is 0.506. The number of hydrogen-bond acceptors (Lipinski definition) is 3. The highest BCUT2D eigenvalue weighted by Gasteiger charge is 2.41. The number of halogens is 1. The highest BCUT2D eigenvalue weighted by Crippen LogP contribution is 2.23. The van der Waals surface area contributed by atoms with Gasteiger partial charge in [-0.1, -0.05) is 0 Å². The van der Waals surface area contributed by atoms with Crippen LogP contribution in [0.2, 0.25) is 0 Å². The number of imide groups is 1. The van der Waals surface area contributed by atoms with E-state index in [4.69, 9.17) is 0 Å². The lowest BCUT2D eigenvalue weighted by Gasteiger charge is -2.27. The Kier molecular flexibility index (Phi) is 4.90. The van der Waals surface area contributed by atoms with Crippen LogP contribution in [0.25, 0.3) is 0 Å². The zero-order valence-electron chi connectivity index (χ0n) is 12.7. The third kappa shape index (κ3) is 3.00. The van der Waals surface area contributed by atoms with Gasteiger partial charge in [-0.05, 0) is 44.5 Å². The van der Waals surface area contributed by atoms with Crippen molar-refractivity contribution >= 4 is 17.7 Å². The largest absolute Gasteiger partial charge is 0.341 e. The maximum Gasteiger partial charge on any atom is 0.261 e. The smallest absolute Gasteiger partial charge is 0.261 e. The van der Waals surface area contributed by atoms with Crippen molar-refractivity contribution in [2.24, 2.45) is 0 Å². The van der Waals surface area contributed by atoms with Crippen LogP contribution >= 0.6 is 0 Å². The molecule has 0 aromatic heterocycles. The molecule has 1 aromatic rings. The molecule has 22 heavy (non-hydrogen) atoms. The summed E-state index contributed by atoms with van der Waals surface area (Å²) in [5, 5.41) is 0. The summed E-state index contributed by atoms with van der Waals surface area (Å²) in [6, 6.07) is 4.21. The van der Waals surface area contributed by atoms with E-state index in [-0.39, 0.29) is 23.8 Å². The normalized spacial score (nSPS) is 17.7. The third-order valence-electron chi connectivity index (χ3n) is 3.88. The molecule has 0 radical (unpaired) electrons. The van der Waals surface area contributed by atoms with Crippen LogP contribution in [0.3, 0.4) is 0 Å². The summed E-state index contributed by atoms with van der Waals surface area (Å²) < 4.78 is 13.0. The quantitative estimate of drug-likeness (QED) is 0.797. The highest BCUT2D eigenvalue weighted by molar-refractivity contribution is 6.09. The number of amides is 3. The number of likely N-dealkylation sites (N-methyl/N-ethyl adjacent to an activating group) is 1. The van der Waals surface area contributed by atoms with E-state index in [1.807, 2.05) is 13.8 Å². The molecule has 0 bridgehead atoms. The Bertz CT molecular complexity index is 582. The van der Waals surface area contributed by atoms with Gasteiger partial charge in [0.1, 0.15) is 11.9 Å². The van der Waals surface area contributed by atoms with Gasteiger partial charge in [0.2, 0.25) is 11.8 Å². The lowest BCUT2D eigenvalue weighted by Crippen LogP contribution is -2.49. The molecule has 5 nitrogen and oxygen atoms in total. The molecule has 1 aliphatic rings. The maximum absolute atomic E-state index is 13.0. The molecule has 1 atom stereocenters. The van der Waals surface area contributed by atoms with Crippen molar-refractivity contribution in [2.45, 2.75) is 32.7 Å². The molecule has 1 heterocycles. The van der Waals surface area contributed by atoms with E-state index in [1.54, 1.807) is 4.90 Å². The monoisotopic (exact) mass is 306 g/mol. The van der Waals surface area contributed by atoms with E-state index in [2.05, 4.69) is 0 Å². The van der Waals surface area contributed by atoms with E-state index < -0.39 is 17.8 Å². The van der Waals surface area contributed by atoms with E-state index >= 15 is 0 Å². The average molecular weight is 306 g/mol. The lowest BCUT2D eigenvalue weighted by atomic mass is 10.1. The fraction of sp³-hybridized carbons (Fsp3) is 0.438. The van der Waals surface area contributed by atoms with Gasteiger partial charge in [0.05, 0.1) is 0 Å². The van der Waals surface area contributed by atoms with Crippen molar-refractivity contribution in [3.8, 4) is 0 Å². The van der Waals surface area contributed by atoms with Crippen LogP contribution < -0.4 is 0 Å². The van der Waals surface area contributed by atoms with E-state index in [0.29, 0.717) is 19.5 Å². The van der Waals surface area contributed by atoms with Crippen molar-refractivity contribution in [2.75, 3.05) is 13.1 Å². The second-order valence-electron chi connectivity index (χ2n) is 5.14. The lowest BCUT2D eigenvalue weighted by molar-refractivity contribution is -0.139. The number of benzene rings is 1. The molecule has 0 N–H and O–H groups in total. The summed E-state index contributed by atoms with van der Waals surface area (Å²) in [4.78, 5) is 39.6. The van der Waals surface area contributed by atoms with Crippen molar-refractivity contribution < 1.29 is 18.8 Å². The third-order valence-corrected chi connectivity index (χ3v) is 3.88. The number of nitrogens with zero attached hydrogens (tertiary/aromatic N) is 2. The molecule has 1 saturated heterocycles. The van der Waals surface area contributed by atoms with Crippen LogP contribution in [0.4, 0.5) is 4.39 Å². The molecule has 1 aliphatic heterocycles. The summed E-state index contributed by atoms with van der Waals surface area (Å²) in [5.41, 5.74) is 0.203. The number of carbonyl (C=O) groups is 3. The molecule has 0 unspecified atom stereocenters. The van der Waals surface area contributed by atoms with Crippen LogP contribution in [0, 0.1) is 5.82 Å². The van der Waals surface area contributed by atoms with Gasteiger partial charge in [0, 0.05) is 25.1 Å². The van der Waals surface area contributed by atoms with Crippen molar-refractivity contribution in [3.63, 3.8) is 0 Å². The molecule has 118 valence electrons. The van der Waals surface area contributed by atoms with Gasteiger partial charge in [-0.25, -0.2) is 4.39 Å². The SMILES string of the molecule is CCN(CC)C(=O)[C@H]1CCC(=O)N1C(=O)c1ccc(F)cc1. The van der Waals surface area contributed by atoms with Gasteiger partial charge >= 0.3 is 0 Å². The van der Waals surface area contributed by atoms with Crippen LogP contribution in [0.5, 0.6) is 0 Å². The van der Waals surface area contributed by atoms with E-state index in [1.165, 1.54) is 12.1 Å². The minimum absolute atomic E-state index is 0.171. The van der Waals surface area contributed by atoms with Crippen LogP contribution in [0.1, 0.15) is 37.0 Å². The van der Waals surface area contributed by atoms with Crippen molar-refractivity contribution in [3.05, 3.63) is 35.6 Å². The standard InChI is InChI=1S/C16H19FN2O3/c1-3-18(4-2)16(22)13-9-10-14(20)19(13)15(21)11-5-7-12(17)8-6-11/h5-8,13H,3-4,9-10H2,1-2H3/t13-/m1/s1. The fourth-order valence-electron chi connectivity index (χ4n) is 2.65. The zero-order chi connectivity index (χ0) is 16.3. The van der Waals surface area contributed by atoms with E-state index in [0.717, 1.165) is 17.0 Å². The summed E-state index contributed by atoms with van der Waals surface area (Å²) in [7, 11) is 0. The van der Waals surface area contributed by atoms with Gasteiger partial charge in [-0.2, -0.15) is 0 Å². The zero-order valence-corrected chi connectivity index (χ0v) is 12.7. The number of rotatable bonds is 4. The predicted molar refractivity (Wildman–Crippen MR) is 78.5 cm³/mol. The Morgan fingerprint density at radius 3 is 2.36 bits per heavy atom. The fourth-order valence-corrected chi connectivity index (χ4v) is 2.65. The van der Waals surface area contributed by atoms with Gasteiger partial charge in [-0.3, -0.25) is 19.3 Å². The summed E-state index contributed by atoms with van der Waals surface area (Å²) >= 11 is 0. The Morgan fingerprint density at radius 1 is 1.23 bits per heavy atom.